The molecule has 34 heavy (non-hydrogen) atoms. The number of rotatable bonds is 4. The number of hydrogen-bond acceptors (Lipinski definition) is 3. The van der Waals surface area contributed by atoms with Crippen LogP contribution in [0.15, 0.2) is 54.7 Å². The molecule has 1 fully saturated rings. The molecule has 1 saturated carbocycles. The number of fused-ring (bicyclic) bond motifs is 1. The summed E-state index contributed by atoms with van der Waals surface area (Å²) < 4.78 is 22.6. The number of nitrogens with one attached hydrogen (secondary N) is 1. The highest BCUT2D eigenvalue weighted by Gasteiger charge is 2.30. The Kier molecular flexibility index (Phi) is 8.79. The number of benzene rings is 2. The van der Waals surface area contributed by atoms with Crippen LogP contribution in [0.4, 0.5) is 10.1 Å². The first-order valence-electron chi connectivity index (χ1n) is 10.9. The number of halogens is 2. The van der Waals surface area contributed by atoms with Gasteiger partial charge in [0.15, 0.2) is 0 Å². The summed E-state index contributed by atoms with van der Waals surface area (Å²) in [5, 5.41) is 4.55. The summed E-state index contributed by atoms with van der Waals surface area (Å²) in [6, 6.07) is 14.0. The van der Waals surface area contributed by atoms with Crippen LogP contribution in [0.3, 0.4) is 0 Å². The zero-order chi connectivity index (χ0) is 24.9. The molecular weight excluding hydrogens is 482 g/mol. The second kappa shape index (κ2) is 11.4. The molecule has 0 radical (unpaired) electrons. The fourth-order valence-electron chi connectivity index (χ4n) is 4.43. The Hall–Kier alpha value is -2.35. The van der Waals surface area contributed by atoms with E-state index >= 15 is 0 Å². The number of nitrogens with zero attached hydrogens (tertiary/aromatic N) is 1. The van der Waals surface area contributed by atoms with Crippen molar-refractivity contribution >= 4 is 41.9 Å². The molecule has 0 unspecified atom stereocenters. The van der Waals surface area contributed by atoms with E-state index in [2.05, 4.69) is 10.3 Å². The van der Waals surface area contributed by atoms with Gasteiger partial charge in [0.25, 0.3) is 0 Å². The molecule has 1 amide bonds. The summed E-state index contributed by atoms with van der Waals surface area (Å²) in [5.74, 6) is 0.492. The monoisotopic (exact) mass is 508 g/mol. The molecule has 4 rings (SSSR count). The number of phosphoric acid groups is 1. The van der Waals surface area contributed by atoms with Gasteiger partial charge in [0.2, 0.25) is 5.91 Å². The zero-order valence-electron chi connectivity index (χ0n) is 18.6. The molecule has 0 spiro atoms. The molecule has 1 aromatic heterocycles. The van der Waals surface area contributed by atoms with Crippen LogP contribution in [0.5, 0.6) is 0 Å². The maximum absolute atomic E-state index is 13.8. The lowest BCUT2D eigenvalue weighted by atomic mass is 9.73. The van der Waals surface area contributed by atoms with Crippen molar-refractivity contribution in [1.29, 1.82) is 0 Å². The fraction of sp³-hybridized carbons (Fsp3) is 0.333. The Labute approximate surface area is 202 Å². The molecule has 4 N–H and O–H groups in total. The molecule has 7 nitrogen and oxygen atoms in total. The molecule has 10 heteroatoms. The highest BCUT2D eigenvalue weighted by Crippen LogP contribution is 2.41. The van der Waals surface area contributed by atoms with Gasteiger partial charge in [0, 0.05) is 28.2 Å². The lowest BCUT2D eigenvalue weighted by molar-refractivity contribution is -0.121. The quantitative estimate of drug-likeness (QED) is 0.338. The van der Waals surface area contributed by atoms with Crippen molar-refractivity contribution in [3.8, 4) is 0 Å². The molecule has 3 aromatic rings. The van der Waals surface area contributed by atoms with Gasteiger partial charge in [-0.15, -0.1) is 0 Å². The van der Waals surface area contributed by atoms with E-state index in [4.69, 9.17) is 30.8 Å². The van der Waals surface area contributed by atoms with E-state index in [-0.39, 0.29) is 17.6 Å². The largest absolute Gasteiger partial charge is 0.466 e. The van der Waals surface area contributed by atoms with Gasteiger partial charge >= 0.3 is 7.82 Å². The average Bonchev–Trinajstić information content (AvgIpc) is 2.78. The third-order valence-corrected chi connectivity index (χ3v) is 6.43. The smallest absolute Gasteiger partial charge is 0.326 e. The Morgan fingerprint density at radius 3 is 2.32 bits per heavy atom. The lowest BCUT2D eigenvalue weighted by Crippen LogP contribution is -2.29. The van der Waals surface area contributed by atoms with E-state index in [9.17, 15) is 9.18 Å². The minimum atomic E-state index is -4.64. The van der Waals surface area contributed by atoms with Gasteiger partial charge in [-0.2, -0.15) is 0 Å². The van der Waals surface area contributed by atoms with Crippen molar-refractivity contribution in [3.05, 3.63) is 71.1 Å². The Morgan fingerprint density at radius 1 is 1.09 bits per heavy atom. The minimum Gasteiger partial charge on any atom is -0.326 e. The third-order valence-electron chi connectivity index (χ3n) is 6.18. The van der Waals surface area contributed by atoms with Gasteiger partial charge in [-0.1, -0.05) is 18.5 Å². The van der Waals surface area contributed by atoms with Crippen molar-refractivity contribution in [2.24, 2.45) is 11.8 Å². The molecule has 0 aliphatic heterocycles. The van der Waals surface area contributed by atoms with E-state index in [1.165, 1.54) is 11.6 Å². The summed E-state index contributed by atoms with van der Waals surface area (Å²) in [7, 11) is -4.64. The van der Waals surface area contributed by atoms with Gasteiger partial charge in [-0.25, -0.2) is 8.96 Å². The van der Waals surface area contributed by atoms with E-state index < -0.39 is 7.82 Å². The van der Waals surface area contributed by atoms with Gasteiger partial charge < -0.3 is 20.0 Å². The molecule has 0 bridgehead atoms. The minimum absolute atomic E-state index is 0.0483. The van der Waals surface area contributed by atoms with Gasteiger partial charge in [0.1, 0.15) is 5.82 Å². The predicted molar refractivity (Wildman–Crippen MR) is 130 cm³/mol. The first-order chi connectivity index (χ1) is 16.0. The standard InChI is InChI=1S/C24H24ClFN2O.H3O4P/c1-15(24(29)28-20-9-6-18(25)7-10-20)16-2-4-17(5-3-16)21-12-13-27-23-11-8-19(26)14-22(21)23;1-5(2,3)4/h6-17H,2-5H2,1H3,(H,28,29);(H3,1,2,3,4)/t15-,16?,17?;/m1./s1. The summed E-state index contributed by atoms with van der Waals surface area (Å²) in [6.07, 6.45) is 5.78. The molecule has 1 atom stereocenters. The summed E-state index contributed by atoms with van der Waals surface area (Å²) in [4.78, 5) is 38.6. The maximum Gasteiger partial charge on any atom is 0.466 e. The van der Waals surface area contributed by atoms with Crippen molar-refractivity contribution in [2.45, 2.75) is 38.5 Å². The number of amides is 1. The van der Waals surface area contributed by atoms with Crippen LogP contribution in [-0.2, 0) is 9.36 Å². The highest BCUT2D eigenvalue weighted by atomic mass is 35.5. The molecule has 1 aliphatic rings. The van der Waals surface area contributed by atoms with E-state index in [1.807, 2.05) is 31.3 Å². The van der Waals surface area contributed by atoms with Crippen LogP contribution in [0, 0.1) is 17.7 Å². The second-order valence-electron chi connectivity index (χ2n) is 8.47. The Morgan fingerprint density at radius 2 is 1.71 bits per heavy atom. The van der Waals surface area contributed by atoms with Crippen molar-refractivity contribution < 1.29 is 28.4 Å². The molecule has 2 aromatic carbocycles. The van der Waals surface area contributed by atoms with E-state index in [0.29, 0.717) is 16.9 Å². The van der Waals surface area contributed by atoms with E-state index in [0.717, 1.165) is 42.3 Å². The number of aromatic nitrogens is 1. The zero-order valence-corrected chi connectivity index (χ0v) is 20.2. The molecule has 0 saturated heterocycles. The second-order valence-corrected chi connectivity index (χ2v) is 9.93. The van der Waals surface area contributed by atoms with Crippen molar-refractivity contribution in [1.82, 2.24) is 4.98 Å². The molecule has 1 heterocycles. The van der Waals surface area contributed by atoms with Crippen molar-refractivity contribution in [2.75, 3.05) is 5.32 Å². The normalized spacial score (nSPS) is 19.1. The highest BCUT2D eigenvalue weighted by molar-refractivity contribution is 7.45. The topological polar surface area (TPSA) is 120 Å². The van der Waals surface area contributed by atoms with Crippen LogP contribution in [-0.4, -0.2) is 25.6 Å². The molecular formula is C24H27ClFN2O5P. The number of hydrogen-bond donors (Lipinski definition) is 4. The number of carbonyl (C=O) groups is 1. The fourth-order valence-corrected chi connectivity index (χ4v) is 4.56. The Bertz CT molecular complexity index is 1170. The number of anilines is 1. The molecule has 1 aliphatic carbocycles. The predicted octanol–water partition coefficient (Wildman–Crippen LogP) is 5.65. The maximum atomic E-state index is 13.8. The average molecular weight is 509 g/mol. The first-order valence-corrected chi connectivity index (χ1v) is 12.8. The Balaban J connectivity index is 0.000000588. The summed E-state index contributed by atoms with van der Waals surface area (Å²) >= 11 is 5.90. The SMILES string of the molecule is C[C@@H](C(=O)Nc1ccc(Cl)cc1)C1CCC(c2ccnc3ccc(F)cc23)CC1.O=P(O)(O)O. The summed E-state index contributed by atoms with van der Waals surface area (Å²) in [5.41, 5.74) is 2.78. The number of pyridine rings is 1. The van der Waals surface area contributed by atoms with Crippen LogP contribution in [0.25, 0.3) is 10.9 Å². The van der Waals surface area contributed by atoms with Crippen LogP contribution in [0.1, 0.15) is 44.1 Å². The molecule has 182 valence electrons. The van der Waals surface area contributed by atoms with Crippen LogP contribution >= 0.6 is 19.4 Å². The van der Waals surface area contributed by atoms with Crippen molar-refractivity contribution in [3.63, 3.8) is 0 Å². The van der Waals surface area contributed by atoms with E-state index in [1.54, 1.807) is 24.3 Å². The lowest BCUT2D eigenvalue weighted by Gasteiger charge is -2.32. The van der Waals surface area contributed by atoms with Gasteiger partial charge in [0.05, 0.1) is 5.52 Å². The van der Waals surface area contributed by atoms with Crippen LogP contribution in [0.2, 0.25) is 5.02 Å². The first kappa shape index (κ1) is 26.3. The van der Waals surface area contributed by atoms with Crippen LogP contribution < -0.4 is 5.32 Å². The third kappa shape index (κ3) is 7.58. The summed E-state index contributed by atoms with van der Waals surface area (Å²) in [6.45, 7) is 2.01. The number of carbonyl (C=O) groups excluding carboxylic acids is 1. The van der Waals surface area contributed by atoms with Gasteiger partial charge in [-0.05, 0) is 91.6 Å². The van der Waals surface area contributed by atoms with Gasteiger partial charge in [-0.3, -0.25) is 9.78 Å².